The Morgan fingerprint density at radius 3 is 2.38 bits per heavy atom. The first kappa shape index (κ1) is 22.1. The van der Waals surface area contributed by atoms with Gasteiger partial charge in [0.05, 0.1) is 18.2 Å². The molecule has 0 aromatic heterocycles. The van der Waals surface area contributed by atoms with Crippen LogP contribution in [0.4, 0.5) is 5.69 Å². The second-order valence-electron chi connectivity index (χ2n) is 10.0. The molecule has 0 bridgehead atoms. The monoisotopic (exact) mass is 453 g/mol. The molecule has 2 aliphatic rings. The Balaban J connectivity index is 1.78. The molecule has 5 rings (SSSR count). The molecule has 3 aromatic rings. The maximum Gasteiger partial charge on any atom is 0.172 e. The predicted molar refractivity (Wildman–Crippen MR) is 140 cm³/mol. The normalized spacial score (nSPS) is 16.7. The van der Waals surface area contributed by atoms with E-state index in [0.29, 0.717) is 17.4 Å². The lowest BCUT2D eigenvalue weighted by Crippen LogP contribution is -2.32. The molecule has 0 unspecified atom stereocenters. The summed E-state index contributed by atoms with van der Waals surface area (Å²) in [5, 5.41) is 14.1. The molecule has 4 nitrogen and oxygen atoms in total. The third-order valence-corrected chi connectivity index (χ3v) is 6.57. The lowest BCUT2D eigenvalue weighted by molar-refractivity contribution is 0.371. The zero-order valence-electron chi connectivity index (χ0n) is 20.6. The molecule has 0 amide bonds. The maximum absolute atomic E-state index is 10.5. The van der Waals surface area contributed by atoms with Crippen molar-refractivity contribution in [1.29, 1.82) is 0 Å². The number of phenolic OH excluding ortho intramolecular Hbond substituents is 1. The second-order valence-corrected chi connectivity index (χ2v) is 10.0. The minimum atomic E-state index is -0.148. The average Bonchev–Trinajstić information content (AvgIpc) is 2.78. The Kier molecular flexibility index (Phi) is 5.20. The molecule has 4 heteroatoms. The van der Waals surface area contributed by atoms with Crippen LogP contribution in [0.5, 0.6) is 17.2 Å². The summed E-state index contributed by atoms with van der Waals surface area (Å²) < 4.78 is 12.1. The van der Waals surface area contributed by atoms with Gasteiger partial charge in [0.2, 0.25) is 0 Å². The van der Waals surface area contributed by atoms with Crippen LogP contribution in [0.2, 0.25) is 0 Å². The first-order valence-electron chi connectivity index (χ1n) is 11.7. The van der Waals surface area contributed by atoms with Crippen molar-refractivity contribution in [2.75, 3.05) is 12.4 Å². The van der Waals surface area contributed by atoms with Crippen molar-refractivity contribution < 1.29 is 14.6 Å². The van der Waals surface area contributed by atoms with E-state index < -0.39 is 0 Å². The van der Waals surface area contributed by atoms with Crippen molar-refractivity contribution in [2.24, 2.45) is 0 Å². The van der Waals surface area contributed by atoms with E-state index >= 15 is 0 Å². The van der Waals surface area contributed by atoms with Gasteiger partial charge in [-0.1, -0.05) is 50.3 Å². The highest BCUT2D eigenvalue weighted by Crippen LogP contribution is 2.54. The largest absolute Gasteiger partial charge is 0.504 e. The maximum atomic E-state index is 10.5. The van der Waals surface area contributed by atoms with Crippen LogP contribution in [0.15, 0.2) is 54.6 Å². The second kappa shape index (κ2) is 7.98. The Morgan fingerprint density at radius 2 is 1.71 bits per heavy atom. The van der Waals surface area contributed by atoms with Crippen LogP contribution < -0.4 is 14.8 Å². The van der Waals surface area contributed by atoms with E-state index in [0.717, 1.165) is 39.3 Å². The van der Waals surface area contributed by atoms with Gasteiger partial charge in [-0.2, -0.15) is 0 Å². The number of hydrogen-bond donors (Lipinski definition) is 2. The van der Waals surface area contributed by atoms with Gasteiger partial charge in [0.1, 0.15) is 11.5 Å². The van der Waals surface area contributed by atoms with E-state index in [1.165, 1.54) is 11.1 Å². The van der Waals surface area contributed by atoms with Gasteiger partial charge in [0.15, 0.2) is 11.5 Å². The highest BCUT2D eigenvalue weighted by atomic mass is 16.5. The van der Waals surface area contributed by atoms with E-state index in [1.807, 2.05) is 0 Å². The van der Waals surface area contributed by atoms with Gasteiger partial charge in [0.25, 0.3) is 0 Å². The number of benzene rings is 3. The van der Waals surface area contributed by atoms with Crippen LogP contribution in [-0.2, 0) is 0 Å². The molecule has 2 aliphatic heterocycles. The number of allylic oxidation sites excluding steroid dienone is 1. The topological polar surface area (TPSA) is 50.7 Å². The van der Waals surface area contributed by atoms with E-state index in [1.54, 1.807) is 19.2 Å². The summed E-state index contributed by atoms with van der Waals surface area (Å²) in [6.45, 7) is 10.9. The molecule has 0 atom stereocenters. The van der Waals surface area contributed by atoms with Crippen molar-refractivity contribution in [2.45, 2.75) is 46.1 Å². The summed E-state index contributed by atoms with van der Waals surface area (Å²) in [7, 11) is 1.57. The molecule has 34 heavy (non-hydrogen) atoms. The Labute approximate surface area is 201 Å². The standard InChI is InChI=1S/C30H31NO3/c1-17(2)20-9-7-19(8-10-20)15-25-27-21(28-24(34-25)14-13-23(32)29(28)33-6)11-12-22-26(27)18(3)16-30(4,5)31-22/h7-17,31-32H,1-6H3. The quantitative estimate of drug-likeness (QED) is 0.427. The minimum absolute atomic E-state index is 0.0942. The van der Waals surface area contributed by atoms with E-state index in [-0.39, 0.29) is 11.3 Å². The summed E-state index contributed by atoms with van der Waals surface area (Å²) in [5.74, 6) is 2.44. The number of methoxy groups -OCH3 is 1. The predicted octanol–water partition coefficient (Wildman–Crippen LogP) is 7.69. The third-order valence-electron chi connectivity index (χ3n) is 6.57. The van der Waals surface area contributed by atoms with Gasteiger partial charge in [-0.25, -0.2) is 0 Å². The lowest BCUT2D eigenvalue weighted by Gasteiger charge is -2.35. The molecule has 0 saturated carbocycles. The summed E-state index contributed by atoms with van der Waals surface area (Å²) in [6.07, 6.45) is 4.35. The molecule has 3 aromatic carbocycles. The molecular weight excluding hydrogens is 422 g/mol. The number of phenols is 1. The van der Waals surface area contributed by atoms with Crippen molar-refractivity contribution in [3.05, 3.63) is 76.9 Å². The molecule has 0 aliphatic carbocycles. The zero-order valence-corrected chi connectivity index (χ0v) is 20.6. The zero-order chi connectivity index (χ0) is 24.2. The highest BCUT2D eigenvalue weighted by molar-refractivity contribution is 6.02. The Morgan fingerprint density at radius 1 is 0.971 bits per heavy atom. The van der Waals surface area contributed by atoms with Crippen LogP contribution >= 0.6 is 0 Å². The van der Waals surface area contributed by atoms with Crippen LogP contribution in [0.1, 0.15) is 62.8 Å². The van der Waals surface area contributed by atoms with E-state index in [2.05, 4.69) is 88.5 Å². The van der Waals surface area contributed by atoms with Gasteiger partial charge in [-0.3, -0.25) is 0 Å². The molecule has 0 radical (unpaired) electrons. The van der Waals surface area contributed by atoms with Crippen LogP contribution in [-0.4, -0.2) is 17.8 Å². The minimum Gasteiger partial charge on any atom is -0.504 e. The summed E-state index contributed by atoms with van der Waals surface area (Å²) in [4.78, 5) is 0. The van der Waals surface area contributed by atoms with Crippen molar-refractivity contribution in [3.63, 3.8) is 0 Å². The average molecular weight is 454 g/mol. The molecule has 0 fully saturated rings. The molecular formula is C30H31NO3. The molecule has 0 saturated heterocycles. The van der Waals surface area contributed by atoms with E-state index in [4.69, 9.17) is 9.47 Å². The molecule has 0 spiro atoms. The van der Waals surface area contributed by atoms with Crippen molar-refractivity contribution in [3.8, 4) is 28.4 Å². The van der Waals surface area contributed by atoms with Crippen LogP contribution in [0, 0.1) is 0 Å². The smallest absolute Gasteiger partial charge is 0.172 e. The highest BCUT2D eigenvalue weighted by Gasteiger charge is 2.33. The number of ether oxygens (including phenoxy) is 2. The number of hydrogen-bond acceptors (Lipinski definition) is 4. The van der Waals surface area contributed by atoms with Gasteiger partial charge in [0, 0.05) is 22.4 Å². The third kappa shape index (κ3) is 3.63. The fourth-order valence-corrected chi connectivity index (χ4v) is 5.08. The Hall–Kier alpha value is -3.66. The fraction of sp³-hybridized carbons (Fsp3) is 0.267. The number of nitrogens with one attached hydrogen (secondary N) is 1. The number of rotatable bonds is 3. The van der Waals surface area contributed by atoms with Crippen molar-refractivity contribution in [1.82, 2.24) is 0 Å². The summed E-state index contributed by atoms with van der Waals surface area (Å²) >= 11 is 0. The summed E-state index contributed by atoms with van der Waals surface area (Å²) in [6, 6.07) is 16.2. The van der Waals surface area contributed by atoms with Gasteiger partial charge in [-0.15, -0.1) is 0 Å². The fourth-order valence-electron chi connectivity index (χ4n) is 5.08. The van der Waals surface area contributed by atoms with Crippen LogP contribution in [0.3, 0.4) is 0 Å². The molecule has 2 heterocycles. The number of anilines is 1. The molecule has 2 N–H and O–H groups in total. The summed E-state index contributed by atoms with van der Waals surface area (Å²) in [5.41, 5.74) is 8.33. The SMILES string of the molecule is COc1c(O)ccc2c1-c1ccc3c(c1C(=Cc1ccc(C(C)C)cc1)O2)C(C)=CC(C)(C)N3. The van der Waals surface area contributed by atoms with Crippen LogP contribution in [0.25, 0.3) is 28.5 Å². The Bertz CT molecular complexity index is 1340. The lowest BCUT2D eigenvalue weighted by atomic mass is 9.82. The van der Waals surface area contributed by atoms with E-state index in [9.17, 15) is 5.11 Å². The van der Waals surface area contributed by atoms with Gasteiger partial charge in [-0.05, 0) is 67.7 Å². The van der Waals surface area contributed by atoms with Crippen molar-refractivity contribution >= 4 is 23.1 Å². The first-order valence-corrected chi connectivity index (χ1v) is 11.7. The number of fused-ring (bicyclic) bond motifs is 5. The van der Waals surface area contributed by atoms with Gasteiger partial charge >= 0.3 is 0 Å². The first-order chi connectivity index (χ1) is 16.2. The molecule has 174 valence electrons. The van der Waals surface area contributed by atoms with Gasteiger partial charge < -0.3 is 19.9 Å². The number of aromatic hydroxyl groups is 1.